The van der Waals surface area contributed by atoms with E-state index in [1.165, 1.54) is 0 Å². The van der Waals surface area contributed by atoms with Gasteiger partial charge in [0.15, 0.2) is 23.0 Å². The molecular formula is C24H36N2O7S2. The van der Waals surface area contributed by atoms with Gasteiger partial charge in [0.2, 0.25) is 0 Å². The fourth-order valence-electron chi connectivity index (χ4n) is 2.87. The average Bonchev–Trinajstić information content (AvgIpc) is 2.85. The largest absolute Gasteiger partial charge is 0.490 e. The van der Waals surface area contributed by atoms with Crippen molar-refractivity contribution in [2.75, 3.05) is 65.0 Å². The van der Waals surface area contributed by atoms with Gasteiger partial charge in [-0.15, -0.1) is 0 Å². The van der Waals surface area contributed by atoms with E-state index in [0.29, 0.717) is 81.4 Å². The molecule has 0 aliphatic rings. The highest BCUT2D eigenvalue weighted by molar-refractivity contribution is 8.70. The summed E-state index contributed by atoms with van der Waals surface area (Å²) in [6.45, 7) is 7.97. The fraction of sp³-hybridized carbons (Fsp3) is 0.500. The Kier molecular flexibility index (Phi) is 14.3. The second kappa shape index (κ2) is 17.3. The van der Waals surface area contributed by atoms with Gasteiger partial charge in [-0.1, -0.05) is 24.3 Å². The maximum absolute atomic E-state index is 12.0. The van der Waals surface area contributed by atoms with Crippen LogP contribution in [0.25, 0.3) is 0 Å². The van der Waals surface area contributed by atoms with Gasteiger partial charge in [-0.05, 0) is 48.9 Å². The molecule has 2 N–H and O–H groups in total. The van der Waals surface area contributed by atoms with Crippen LogP contribution >= 0.6 is 10.8 Å². The molecular weight excluding hydrogens is 492 g/mol. The fourth-order valence-corrected chi connectivity index (χ4v) is 4.93. The smallest absolute Gasteiger partial charge is 0.322 e. The summed E-state index contributed by atoms with van der Waals surface area (Å²) in [5.74, 6) is 3.16. The molecule has 2 rings (SSSR count). The van der Waals surface area contributed by atoms with Crippen LogP contribution in [-0.2, 0) is 13.3 Å². The van der Waals surface area contributed by atoms with E-state index in [4.69, 9.17) is 23.1 Å². The Morgan fingerprint density at radius 3 is 1.57 bits per heavy atom. The van der Waals surface area contributed by atoms with Crippen molar-refractivity contribution >= 4 is 19.9 Å². The minimum atomic E-state index is -3.64. The van der Waals surface area contributed by atoms with Gasteiger partial charge in [0.1, 0.15) is 13.2 Å². The quantitative estimate of drug-likeness (QED) is 0.197. The van der Waals surface area contributed by atoms with Gasteiger partial charge in [-0.3, -0.25) is 4.18 Å². The summed E-state index contributed by atoms with van der Waals surface area (Å²) in [7, 11) is -2.86. The first-order chi connectivity index (χ1) is 17.1. The van der Waals surface area contributed by atoms with Crippen LogP contribution in [0.1, 0.15) is 13.8 Å². The number of ether oxygens (including phenoxy) is 4. The summed E-state index contributed by atoms with van der Waals surface area (Å²) in [5, 5.41) is 6.25. The summed E-state index contributed by atoms with van der Waals surface area (Å²) in [4.78, 5) is 0. The number of hydrogen-bond acceptors (Lipinski definition) is 10. The van der Waals surface area contributed by atoms with E-state index >= 15 is 0 Å². The number of rotatable bonds is 20. The third kappa shape index (κ3) is 12.4. The lowest BCUT2D eigenvalue weighted by Gasteiger charge is -2.12. The third-order valence-corrected chi connectivity index (χ3v) is 7.15. The Hall–Kier alpha value is -2.18. The van der Waals surface area contributed by atoms with Crippen molar-refractivity contribution in [2.45, 2.75) is 13.8 Å². The van der Waals surface area contributed by atoms with Gasteiger partial charge in [-0.25, -0.2) is 0 Å². The van der Waals surface area contributed by atoms with Crippen molar-refractivity contribution in [3.63, 3.8) is 0 Å². The minimum Gasteiger partial charge on any atom is -0.490 e. The highest BCUT2D eigenvalue weighted by Gasteiger charge is 2.11. The van der Waals surface area contributed by atoms with Crippen LogP contribution in [0.15, 0.2) is 48.5 Å². The monoisotopic (exact) mass is 528 g/mol. The zero-order valence-electron chi connectivity index (χ0n) is 20.4. The molecule has 2 aromatic carbocycles. The standard InChI is InChI=1S/C24H36N2O7S2/c1-3-29-21-9-5-7-11-23(21)31-17-13-25-15-19-33-35(27,28)34-20-16-26-14-18-32-24-12-8-6-10-22(24)30-4-2/h5-12,25-26H,3-4,13-20H2,1-2H3. The Bertz CT molecular complexity index is 875. The maximum Gasteiger partial charge on any atom is 0.322 e. The van der Waals surface area contributed by atoms with Crippen LogP contribution in [0.3, 0.4) is 0 Å². The maximum atomic E-state index is 12.0. The van der Waals surface area contributed by atoms with Crippen LogP contribution in [0.4, 0.5) is 0 Å². The molecule has 11 heteroatoms. The van der Waals surface area contributed by atoms with E-state index in [-0.39, 0.29) is 6.61 Å². The molecule has 0 fully saturated rings. The molecule has 0 radical (unpaired) electrons. The summed E-state index contributed by atoms with van der Waals surface area (Å²) in [5.41, 5.74) is 0. The van der Waals surface area contributed by atoms with E-state index < -0.39 is 9.15 Å². The van der Waals surface area contributed by atoms with Crippen molar-refractivity contribution in [1.29, 1.82) is 0 Å². The molecule has 2 aromatic rings. The van der Waals surface area contributed by atoms with E-state index in [2.05, 4.69) is 10.6 Å². The van der Waals surface area contributed by atoms with Gasteiger partial charge in [0.05, 0.1) is 19.8 Å². The second-order valence-corrected chi connectivity index (χ2v) is 10.6. The lowest BCUT2D eigenvalue weighted by Crippen LogP contribution is -2.26. The first kappa shape index (κ1) is 29.1. The molecule has 0 aliphatic carbocycles. The van der Waals surface area contributed by atoms with Gasteiger partial charge < -0.3 is 29.6 Å². The molecule has 0 heterocycles. The van der Waals surface area contributed by atoms with E-state index in [1.807, 2.05) is 62.4 Å². The summed E-state index contributed by atoms with van der Waals surface area (Å²) in [6, 6.07) is 15.0. The molecule has 35 heavy (non-hydrogen) atoms. The predicted octanol–water partition coefficient (Wildman–Crippen LogP) is 3.12. The Morgan fingerprint density at radius 1 is 0.657 bits per heavy atom. The highest BCUT2D eigenvalue weighted by Crippen LogP contribution is 2.26. The summed E-state index contributed by atoms with van der Waals surface area (Å²) >= 11 is 0. The Labute approximate surface area is 212 Å². The lowest BCUT2D eigenvalue weighted by molar-refractivity contribution is 0.270. The first-order valence-electron chi connectivity index (χ1n) is 11.7. The van der Waals surface area contributed by atoms with Gasteiger partial charge in [0, 0.05) is 31.9 Å². The van der Waals surface area contributed by atoms with Crippen LogP contribution in [0.2, 0.25) is 0 Å². The molecule has 0 saturated heterocycles. The molecule has 0 atom stereocenters. The second-order valence-electron chi connectivity index (χ2n) is 7.01. The molecule has 0 unspecified atom stereocenters. The average molecular weight is 529 g/mol. The van der Waals surface area contributed by atoms with Crippen molar-refractivity contribution in [2.24, 2.45) is 0 Å². The third-order valence-electron chi connectivity index (χ3n) is 4.38. The molecule has 0 spiro atoms. The van der Waals surface area contributed by atoms with Crippen molar-refractivity contribution in [3.05, 3.63) is 48.5 Å². The summed E-state index contributed by atoms with van der Waals surface area (Å²) < 4.78 is 51.4. The number of nitrogens with one attached hydrogen (secondary N) is 2. The van der Waals surface area contributed by atoms with E-state index in [0.717, 1.165) is 10.8 Å². The number of benzene rings is 2. The normalized spacial score (nSPS) is 11.3. The van der Waals surface area contributed by atoms with Crippen molar-refractivity contribution < 1.29 is 31.5 Å². The van der Waals surface area contributed by atoms with E-state index in [9.17, 15) is 8.42 Å². The van der Waals surface area contributed by atoms with Gasteiger partial charge in [0.25, 0.3) is 0 Å². The SMILES string of the molecule is CCOc1ccccc1OCCNCCOS(=O)(=O)SCCNCCOc1ccccc1OCC. The van der Waals surface area contributed by atoms with Crippen molar-refractivity contribution in [3.8, 4) is 23.0 Å². The van der Waals surface area contributed by atoms with Gasteiger partial charge >= 0.3 is 9.15 Å². The zero-order valence-corrected chi connectivity index (χ0v) is 22.0. The number of hydrogen-bond donors (Lipinski definition) is 2. The zero-order chi connectivity index (χ0) is 25.2. The Balaban J connectivity index is 1.48. The topological polar surface area (TPSA) is 104 Å². The lowest BCUT2D eigenvalue weighted by atomic mass is 10.3. The molecule has 9 nitrogen and oxygen atoms in total. The van der Waals surface area contributed by atoms with Crippen LogP contribution in [0.5, 0.6) is 23.0 Å². The Morgan fingerprint density at radius 2 is 1.09 bits per heavy atom. The van der Waals surface area contributed by atoms with Crippen LogP contribution in [-0.4, -0.2) is 73.4 Å². The molecule has 0 amide bonds. The molecule has 196 valence electrons. The van der Waals surface area contributed by atoms with E-state index in [1.54, 1.807) is 0 Å². The molecule has 0 saturated carbocycles. The predicted molar refractivity (Wildman–Crippen MR) is 139 cm³/mol. The number of para-hydroxylation sites is 4. The molecule has 0 aliphatic heterocycles. The summed E-state index contributed by atoms with van der Waals surface area (Å²) in [6.07, 6.45) is 0. The van der Waals surface area contributed by atoms with Gasteiger partial charge in [-0.2, -0.15) is 8.42 Å². The highest BCUT2D eigenvalue weighted by atomic mass is 33.1. The molecule has 0 aromatic heterocycles. The van der Waals surface area contributed by atoms with Crippen LogP contribution in [0, 0.1) is 0 Å². The van der Waals surface area contributed by atoms with Crippen LogP contribution < -0.4 is 29.6 Å². The first-order valence-corrected chi connectivity index (χ1v) is 14.6. The minimum absolute atomic E-state index is 0.0609. The van der Waals surface area contributed by atoms with Crippen molar-refractivity contribution in [1.82, 2.24) is 10.6 Å². The molecule has 0 bridgehead atoms.